The van der Waals surface area contributed by atoms with Crippen molar-refractivity contribution in [3.05, 3.63) is 19.2 Å². The Morgan fingerprint density at radius 1 is 1.69 bits per heavy atom. The molecule has 0 fully saturated rings. The number of amides is 1. The monoisotopic (exact) mass is 204 g/mol. The predicted molar refractivity (Wildman–Crippen MR) is 53.1 cm³/mol. The summed E-state index contributed by atoms with van der Waals surface area (Å²) in [5, 5.41) is 19.9. The van der Waals surface area contributed by atoms with Gasteiger partial charge in [0.25, 0.3) is 0 Å². The maximum atomic E-state index is 10.9. The number of aliphatic hydroxyl groups is 2. The van der Waals surface area contributed by atoms with Crippen LogP contribution in [-0.4, -0.2) is 40.3 Å². The lowest BCUT2D eigenvalue weighted by Gasteiger charge is -2.05. The highest BCUT2D eigenvalue weighted by Gasteiger charge is 2.04. The van der Waals surface area contributed by atoms with Gasteiger partial charge in [-0.3, -0.25) is 4.79 Å². The highest BCUT2D eigenvalue weighted by atomic mass is 32.2. The summed E-state index contributed by atoms with van der Waals surface area (Å²) in [5.74, 6) is 0.481. The van der Waals surface area contributed by atoms with E-state index in [2.05, 4.69) is 11.9 Å². The van der Waals surface area contributed by atoms with Crippen LogP contribution >= 0.6 is 11.8 Å². The van der Waals surface area contributed by atoms with E-state index in [9.17, 15) is 4.79 Å². The third kappa shape index (κ3) is 7.83. The molecule has 75 valence electrons. The number of nitrogens with one attached hydrogen (secondary N) is 1. The van der Waals surface area contributed by atoms with E-state index in [1.165, 1.54) is 24.4 Å². The maximum absolute atomic E-state index is 10.9. The third-order valence-electron chi connectivity index (χ3n) is 1.12. The fourth-order valence-electron chi connectivity index (χ4n) is 0.534. The molecule has 0 aliphatic heterocycles. The smallest absolute Gasteiger partial charge is 0.230 e. The van der Waals surface area contributed by atoms with Crippen LogP contribution in [0, 0.1) is 6.54 Å². The van der Waals surface area contributed by atoms with Gasteiger partial charge in [0.2, 0.25) is 5.91 Å². The zero-order chi connectivity index (χ0) is 10.1. The molecule has 3 N–H and O–H groups in total. The number of hydrogen-bond acceptors (Lipinski definition) is 4. The average Bonchev–Trinajstić information content (AvgIpc) is 2.14. The molecule has 1 radical (unpaired) electrons. The molecule has 0 aromatic heterocycles. The third-order valence-corrected chi connectivity index (χ3v) is 2.20. The van der Waals surface area contributed by atoms with Gasteiger partial charge >= 0.3 is 0 Å². The van der Waals surface area contributed by atoms with Gasteiger partial charge in [-0.1, -0.05) is 6.08 Å². The molecule has 1 amide bonds. The van der Waals surface area contributed by atoms with E-state index in [4.69, 9.17) is 10.2 Å². The van der Waals surface area contributed by atoms with Crippen LogP contribution < -0.4 is 5.32 Å². The predicted octanol–water partition coefficient (Wildman–Crippen LogP) is -0.463. The minimum absolute atomic E-state index is 0.143. The number of thioether (sulfide) groups is 1. The molecule has 1 unspecified atom stereocenters. The molecule has 0 heterocycles. The lowest BCUT2D eigenvalue weighted by atomic mass is 10.4. The van der Waals surface area contributed by atoms with Gasteiger partial charge in [0, 0.05) is 5.75 Å². The first-order valence-electron chi connectivity index (χ1n) is 3.81. The SMILES string of the molecule is C=C[CH]NC(=O)CSCC(O)CO. The Bertz CT molecular complexity index is 163. The van der Waals surface area contributed by atoms with Crippen LogP contribution in [0.4, 0.5) is 0 Å². The van der Waals surface area contributed by atoms with Gasteiger partial charge in [-0.2, -0.15) is 0 Å². The molecule has 0 saturated carbocycles. The normalized spacial score (nSPS) is 12.2. The van der Waals surface area contributed by atoms with E-state index in [-0.39, 0.29) is 18.3 Å². The van der Waals surface area contributed by atoms with Crippen LogP contribution in [0.2, 0.25) is 0 Å². The summed E-state index contributed by atoms with van der Waals surface area (Å²) in [7, 11) is 0. The molecule has 4 nitrogen and oxygen atoms in total. The Hall–Kier alpha value is -0.520. The number of carbonyl (C=O) groups excluding carboxylic acids is 1. The van der Waals surface area contributed by atoms with Crippen molar-refractivity contribution in [2.45, 2.75) is 6.10 Å². The summed E-state index contributed by atoms with van der Waals surface area (Å²) in [6.07, 6.45) is 0.728. The summed E-state index contributed by atoms with van der Waals surface area (Å²) in [4.78, 5) is 10.9. The largest absolute Gasteiger partial charge is 0.394 e. The van der Waals surface area contributed by atoms with Crippen molar-refractivity contribution in [2.75, 3.05) is 18.1 Å². The van der Waals surface area contributed by atoms with Crippen LogP contribution in [0.25, 0.3) is 0 Å². The van der Waals surface area contributed by atoms with Gasteiger partial charge in [0.05, 0.1) is 25.0 Å². The van der Waals surface area contributed by atoms with Crippen molar-refractivity contribution in [2.24, 2.45) is 0 Å². The van der Waals surface area contributed by atoms with Crippen LogP contribution in [0.1, 0.15) is 0 Å². The zero-order valence-electron chi connectivity index (χ0n) is 7.27. The van der Waals surface area contributed by atoms with E-state index >= 15 is 0 Å². The Balaban J connectivity index is 3.31. The second-order valence-corrected chi connectivity index (χ2v) is 3.35. The molecule has 0 saturated heterocycles. The standard InChI is InChI=1S/C8H14NO3S/c1-2-3-9-8(12)6-13-5-7(11)4-10/h2-3,7,10-11H,1,4-6H2,(H,9,12). The molecular weight excluding hydrogens is 190 g/mol. The highest BCUT2D eigenvalue weighted by molar-refractivity contribution is 7.99. The van der Waals surface area contributed by atoms with Crippen LogP contribution in [0.5, 0.6) is 0 Å². The summed E-state index contributed by atoms with van der Waals surface area (Å²) < 4.78 is 0. The minimum Gasteiger partial charge on any atom is -0.394 e. The average molecular weight is 204 g/mol. The van der Waals surface area contributed by atoms with Gasteiger partial charge in [-0.25, -0.2) is 0 Å². The number of aliphatic hydroxyl groups excluding tert-OH is 2. The van der Waals surface area contributed by atoms with Crippen molar-refractivity contribution in [1.29, 1.82) is 0 Å². The summed E-state index contributed by atoms with van der Waals surface area (Å²) in [5.41, 5.74) is 0. The Morgan fingerprint density at radius 3 is 2.92 bits per heavy atom. The first-order valence-corrected chi connectivity index (χ1v) is 4.96. The van der Waals surface area contributed by atoms with Crippen molar-refractivity contribution in [3.63, 3.8) is 0 Å². The Labute approximate surface area is 82.0 Å². The topological polar surface area (TPSA) is 69.6 Å². The second-order valence-electron chi connectivity index (χ2n) is 2.32. The molecule has 0 bridgehead atoms. The van der Waals surface area contributed by atoms with E-state index < -0.39 is 6.10 Å². The molecule has 5 heteroatoms. The summed E-state index contributed by atoms with van der Waals surface area (Å²) in [6.45, 7) is 4.58. The lowest BCUT2D eigenvalue weighted by molar-refractivity contribution is -0.117. The maximum Gasteiger partial charge on any atom is 0.230 e. The fourth-order valence-corrected chi connectivity index (χ4v) is 1.30. The zero-order valence-corrected chi connectivity index (χ0v) is 8.09. The summed E-state index contributed by atoms with van der Waals surface area (Å²) >= 11 is 1.27. The highest BCUT2D eigenvalue weighted by Crippen LogP contribution is 2.01. The molecule has 0 aliphatic carbocycles. The number of carbonyl (C=O) groups is 1. The lowest BCUT2D eigenvalue weighted by Crippen LogP contribution is -2.23. The minimum atomic E-state index is -0.749. The van der Waals surface area contributed by atoms with Gasteiger partial charge in [0.15, 0.2) is 0 Å². The van der Waals surface area contributed by atoms with E-state index in [1.807, 2.05) is 0 Å². The Morgan fingerprint density at radius 2 is 2.38 bits per heavy atom. The van der Waals surface area contributed by atoms with E-state index in [0.29, 0.717) is 5.75 Å². The second kappa shape index (κ2) is 8.10. The molecule has 0 rings (SSSR count). The molecule has 0 spiro atoms. The molecule has 0 aromatic carbocycles. The van der Waals surface area contributed by atoms with Gasteiger partial charge in [0.1, 0.15) is 0 Å². The quantitative estimate of drug-likeness (QED) is 0.525. The fraction of sp³-hybridized carbons (Fsp3) is 0.500. The molecular formula is C8H14NO3S. The van der Waals surface area contributed by atoms with Gasteiger partial charge < -0.3 is 15.5 Å². The Kier molecular flexibility index (Phi) is 7.77. The number of hydrogen-bond donors (Lipinski definition) is 3. The van der Waals surface area contributed by atoms with Crippen molar-refractivity contribution >= 4 is 17.7 Å². The van der Waals surface area contributed by atoms with Crippen LogP contribution in [0.3, 0.4) is 0 Å². The van der Waals surface area contributed by atoms with E-state index in [0.717, 1.165) is 0 Å². The number of rotatable bonds is 7. The van der Waals surface area contributed by atoms with Crippen LogP contribution in [0.15, 0.2) is 12.7 Å². The molecule has 1 atom stereocenters. The first kappa shape index (κ1) is 12.5. The molecule has 0 aromatic rings. The van der Waals surface area contributed by atoms with Gasteiger partial charge in [-0.05, 0) is 0 Å². The van der Waals surface area contributed by atoms with Crippen LogP contribution in [-0.2, 0) is 4.79 Å². The van der Waals surface area contributed by atoms with Crippen molar-refractivity contribution in [3.8, 4) is 0 Å². The van der Waals surface area contributed by atoms with E-state index in [1.54, 1.807) is 0 Å². The summed E-state index contributed by atoms with van der Waals surface area (Å²) in [6, 6.07) is 0. The van der Waals surface area contributed by atoms with Crippen molar-refractivity contribution < 1.29 is 15.0 Å². The first-order chi connectivity index (χ1) is 6.20. The van der Waals surface area contributed by atoms with Gasteiger partial charge in [-0.15, -0.1) is 18.3 Å². The molecule has 0 aliphatic rings. The van der Waals surface area contributed by atoms with Crippen molar-refractivity contribution in [1.82, 2.24) is 5.32 Å². The molecule has 13 heavy (non-hydrogen) atoms.